The molecule has 214 valence electrons. The molecule has 0 unspecified atom stereocenters. The van der Waals surface area contributed by atoms with Gasteiger partial charge in [0.15, 0.2) is 0 Å². The van der Waals surface area contributed by atoms with Crippen LogP contribution < -0.4 is 9.47 Å². The summed E-state index contributed by atoms with van der Waals surface area (Å²) in [5, 5.41) is 9.10. The van der Waals surface area contributed by atoms with E-state index >= 15 is 0 Å². The van der Waals surface area contributed by atoms with E-state index in [1.165, 1.54) is 43.8 Å². The van der Waals surface area contributed by atoms with Crippen molar-refractivity contribution in [2.45, 2.75) is 27.7 Å². The van der Waals surface area contributed by atoms with Crippen molar-refractivity contribution in [3.05, 3.63) is 96.1 Å². The molecule has 0 atom stereocenters. The zero-order chi connectivity index (χ0) is 29.1. The Morgan fingerprint density at radius 1 is 0.429 bits per heavy atom. The Morgan fingerprint density at radius 3 is 1.21 bits per heavy atom. The molecule has 0 saturated carbocycles. The molecule has 0 N–H and O–H groups in total. The molecule has 0 amide bonds. The van der Waals surface area contributed by atoms with Gasteiger partial charge >= 0.3 is 0 Å². The maximum Gasteiger partial charge on any atom is 0.135 e. The molecule has 6 aromatic carbocycles. The van der Waals surface area contributed by atoms with Gasteiger partial charge in [0.25, 0.3) is 0 Å². The standard InChI is InChI=1S/C38H38O4/c1-5-39-19-21-41-37-29-13-9-7-11-27(29)35(33-23-25(3)15-17-31(33)37)36-28-12-8-10-14-30(28)38(42-22-20-40-6-2)32-18-16-26(4)24-34(32)36/h7-18,23-24H,5-6,19-22H2,1-4H3. The van der Waals surface area contributed by atoms with E-state index in [1.807, 2.05) is 13.8 Å². The van der Waals surface area contributed by atoms with Gasteiger partial charge in [-0.05, 0) is 60.4 Å². The van der Waals surface area contributed by atoms with Gasteiger partial charge in [0.1, 0.15) is 24.7 Å². The molecule has 6 aromatic rings. The van der Waals surface area contributed by atoms with Crippen molar-refractivity contribution in [2.75, 3.05) is 39.6 Å². The van der Waals surface area contributed by atoms with E-state index in [0.29, 0.717) is 39.6 Å². The van der Waals surface area contributed by atoms with Crippen LogP contribution in [0.2, 0.25) is 0 Å². The highest BCUT2D eigenvalue weighted by molar-refractivity contribution is 6.26. The van der Waals surface area contributed by atoms with Crippen LogP contribution in [0.25, 0.3) is 54.2 Å². The van der Waals surface area contributed by atoms with Crippen LogP contribution in [0.1, 0.15) is 25.0 Å². The molecule has 0 aliphatic carbocycles. The predicted octanol–water partition coefficient (Wildman–Crippen LogP) is 9.41. The van der Waals surface area contributed by atoms with Crippen LogP contribution in [0.15, 0.2) is 84.9 Å². The number of fused-ring (bicyclic) bond motifs is 4. The molecule has 0 saturated heterocycles. The van der Waals surface area contributed by atoms with Crippen LogP contribution in [-0.4, -0.2) is 39.6 Å². The van der Waals surface area contributed by atoms with Crippen LogP contribution in [0, 0.1) is 13.8 Å². The Kier molecular flexibility index (Phi) is 8.27. The van der Waals surface area contributed by atoms with E-state index in [9.17, 15) is 0 Å². The van der Waals surface area contributed by atoms with Gasteiger partial charge in [-0.2, -0.15) is 0 Å². The maximum atomic E-state index is 6.49. The topological polar surface area (TPSA) is 36.9 Å². The Labute approximate surface area is 247 Å². The summed E-state index contributed by atoms with van der Waals surface area (Å²) in [5.41, 5.74) is 4.85. The molecule has 0 aromatic heterocycles. The second-order valence-electron chi connectivity index (χ2n) is 10.7. The molecule has 4 heteroatoms. The van der Waals surface area contributed by atoms with Crippen molar-refractivity contribution >= 4 is 43.1 Å². The SMILES string of the molecule is CCOCCOc1c2ccccc2c(-c2c3ccccc3c(OCCOCC)c3ccc(C)cc23)c2cc(C)ccc12. The number of hydrogen-bond donors (Lipinski definition) is 0. The van der Waals surface area contributed by atoms with E-state index < -0.39 is 0 Å². The van der Waals surface area contributed by atoms with Gasteiger partial charge in [0.2, 0.25) is 0 Å². The van der Waals surface area contributed by atoms with E-state index in [0.717, 1.165) is 33.0 Å². The van der Waals surface area contributed by atoms with Crippen LogP contribution in [-0.2, 0) is 9.47 Å². The van der Waals surface area contributed by atoms with Gasteiger partial charge in [0, 0.05) is 34.8 Å². The summed E-state index contributed by atoms with van der Waals surface area (Å²) in [5.74, 6) is 1.81. The first-order chi connectivity index (χ1) is 20.6. The number of aryl methyl sites for hydroxylation is 2. The molecule has 0 aliphatic heterocycles. The molecular weight excluding hydrogens is 520 g/mol. The van der Waals surface area contributed by atoms with Gasteiger partial charge < -0.3 is 18.9 Å². The minimum Gasteiger partial charge on any atom is -0.490 e. The first kappa shape index (κ1) is 28.0. The third kappa shape index (κ3) is 5.17. The van der Waals surface area contributed by atoms with Gasteiger partial charge in [-0.1, -0.05) is 96.1 Å². The molecule has 6 rings (SSSR count). The summed E-state index contributed by atoms with van der Waals surface area (Å²) in [6, 6.07) is 30.6. The van der Waals surface area contributed by atoms with Gasteiger partial charge in [-0.15, -0.1) is 0 Å². The summed E-state index contributed by atoms with van der Waals surface area (Å²) >= 11 is 0. The average Bonchev–Trinajstić information content (AvgIpc) is 3.01. The van der Waals surface area contributed by atoms with Crippen molar-refractivity contribution in [2.24, 2.45) is 0 Å². The highest BCUT2D eigenvalue weighted by Crippen LogP contribution is 2.50. The minimum atomic E-state index is 0.499. The highest BCUT2D eigenvalue weighted by atomic mass is 16.5. The van der Waals surface area contributed by atoms with Crippen LogP contribution in [0.5, 0.6) is 11.5 Å². The van der Waals surface area contributed by atoms with Crippen molar-refractivity contribution in [3.8, 4) is 22.6 Å². The van der Waals surface area contributed by atoms with Gasteiger partial charge in [0.05, 0.1) is 13.2 Å². The van der Waals surface area contributed by atoms with E-state index in [2.05, 4.69) is 98.8 Å². The Balaban J connectivity index is 1.71. The fourth-order valence-corrected chi connectivity index (χ4v) is 6.05. The zero-order valence-corrected chi connectivity index (χ0v) is 25.0. The minimum absolute atomic E-state index is 0.499. The summed E-state index contributed by atoms with van der Waals surface area (Å²) in [6.45, 7) is 11.8. The Bertz CT molecular complexity index is 1750. The lowest BCUT2D eigenvalue weighted by atomic mass is 9.84. The quantitative estimate of drug-likeness (QED) is 0.117. The van der Waals surface area contributed by atoms with Crippen molar-refractivity contribution in [1.82, 2.24) is 0 Å². The third-order valence-electron chi connectivity index (χ3n) is 7.87. The summed E-state index contributed by atoms with van der Waals surface area (Å²) in [4.78, 5) is 0. The molecule has 0 aliphatic rings. The highest BCUT2D eigenvalue weighted by Gasteiger charge is 2.22. The van der Waals surface area contributed by atoms with E-state index in [-0.39, 0.29) is 0 Å². The number of rotatable bonds is 11. The maximum absolute atomic E-state index is 6.49. The second-order valence-corrected chi connectivity index (χ2v) is 10.7. The Morgan fingerprint density at radius 2 is 0.810 bits per heavy atom. The first-order valence-corrected chi connectivity index (χ1v) is 14.9. The third-order valence-corrected chi connectivity index (χ3v) is 7.87. The van der Waals surface area contributed by atoms with E-state index in [1.54, 1.807) is 0 Å². The summed E-state index contributed by atoms with van der Waals surface area (Å²) in [6.07, 6.45) is 0. The lowest BCUT2D eigenvalue weighted by molar-refractivity contribution is 0.111. The van der Waals surface area contributed by atoms with Crippen molar-refractivity contribution < 1.29 is 18.9 Å². The molecule has 0 radical (unpaired) electrons. The largest absolute Gasteiger partial charge is 0.490 e. The first-order valence-electron chi connectivity index (χ1n) is 14.9. The fraction of sp³-hybridized carbons (Fsp3) is 0.263. The molecule has 0 fully saturated rings. The van der Waals surface area contributed by atoms with Crippen LogP contribution in [0.4, 0.5) is 0 Å². The summed E-state index contributed by atoms with van der Waals surface area (Å²) in [7, 11) is 0. The summed E-state index contributed by atoms with van der Waals surface area (Å²) < 4.78 is 24.2. The van der Waals surface area contributed by atoms with Crippen LogP contribution in [0.3, 0.4) is 0 Å². The number of ether oxygens (including phenoxy) is 4. The molecular formula is C38H38O4. The van der Waals surface area contributed by atoms with Crippen molar-refractivity contribution in [3.63, 3.8) is 0 Å². The van der Waals surface area contributed by atoms with Crippen LogP contribution >= 0.6 is 0 Å². The van der Waals surface area contributed by atoms with Gasteiger partial charge in [-0.3, -0.25) is 0 Å². The zero-order valence-electron chi connectivity index (χ0n) is 25.0. The van der Waals surface area contributed by atoms with Crippen molar-refractivity contribution in [1.29, 1.82) is 0 Å². The monoisotopic (exact) mass is 558 g/mol. The number of benzene rings is 6. The second kappa shape index (κ2) is 12.4. The molecule has 4 nitrogen and oxygen atoms in total. The normalized spacial score (nSPS) is 11.6. The molecule has 0 spiro atoms. The smallest absolute Gasteiger partial charge is 0.135 e. The Hall–Kier alpha value is -4.12. The fourth-order valence-electron chi connectivity index (χ4n) is 6.05. The average molecular weight is 559 g/mol. The van der Waals surface area contributed by atoms with Gasteiger partial charge in [-0.25, -0.2) is 0 Å². The lowest BCUT2D eigenvalue weighted by Crippen LogP contribution is -2.07. The molecule has 0 heterocycles. The number of hydrogen-bond acceptors (Lipinski definition) is 4. The van der Waals surface area contributed by atoms with E-state index in [4.69, 9.17) is 18.9 Å². The molecule has 0 bridgehead atoms. The lowest BCUT2D eigenvalue weighted by Gasteiger charge is -2.22. The predicted molar refractivity (Wildman–Crippen MR) is 175 cm³/mol. The molecule has 42 heavy (non-hydrogen) atoms.